The minimum atomic E-state index is -1.09. The number of hydrogen-bond acceptors (Lipinski definition) is 4. The van der Waals surface area contributed by atoms with Crippen LogP contribution in [0.3, 0.4) is 0 Å². The number of piperidine rings is 1. The first kappa shape index (κ1) is 20.5. The van der Waals surface area contributed by atoms with E-state index in [1.807, 2.05) is 18.7 Å². The fourth-order valence-corrected chi connectivity index (χ4v) is 4.27. The normalized spacial score (nSPS) is 19.0. The number of amides is 2. The van der Waals surface area contributed by atoms with Crippen LogP contribution < -0.4 is 5.32 Å². The summed E-state index contributed by atoms with van der Waals surface area (Å²) >= 11 is 0. The van der Waals surface area contributed by atoms with Crippen LogP contribution in [0, 0.1) is 17.6 Å². The minimum absolute atomic E-state index is 0.0119. The zero-order valence-corrected chi connectivity index (χ0v) is 17.3. The molecule has 0 aliphatic carbocycles. The Labute approximate surface area is 173 Å². The second-order valence-corrected chi connectivity index (χ2v) is 8.57. The molecule has 1 saturated heterocycles. The molecule has 1 fully saturated rings. The molecule has 2 amide bonds. The summed E-state index contributed by atoms with van der Waals surface area (Å²) in [6.07, 6.45) is 1.65. The SMILES string of the molecule is CN1CCC(C(=O)N2Cc3c(NC(=O)c4ccc(F)c(F)c4)n[nH]c3C2(C)C)CC1. The van der Waals surface area contributed by atoms with Crippen molar-refractivity contribution in [2.24, 2.45) is 5.92 Å². The smallest absolute Gasteiger partial charge is 0.256 e. The Morgan fingerprint density at radius 2 is 1.90 bits per heavy atom. The third-order valence-corrected chi connectivity index (χ3v) is 6.22. The highest BCUT2D eigenvalue weighted by molar-refractivity contribution is 6.04. The van der Waals surface area contributed by atoms with Gasteiger partial charge in [-0.3, -0.25) is 14.7 Å². The second kappa shape index (κ2) is 7.46. The Morgan fingerprint density at radius 1 is 1.20 bits per heavy atom. The van der Waals surface area contributed by atoms with Gasteiger partial charge in [0.05, 0.1) is 17.8 Å². The summed E-state index contributed by atoms with van der Waals surface area (Å²) in [6, 6.07) is 2.96. The van der Waals surface area contributed by atoms with E-state index in [0.29, 0.717) is 12.4 Å². The molecule has 30 heavy (non-hydrogen) atoms. The van der Waals surface area contributed by atoms with Gasteiger partial charge < -0.3 is 15.1 Å². The molecule has 7 nitrogen and oxygen atoms in total. The molecule has 0 spiro atoms. The number of hydrogen-bond donors (Lipinski definition) is 2. The van der Waals surface area contributed by atoms with Crippen molar-refractivity contribution in [3.63, 3.8) is 0 Å². The fraction of sp³-hybridized carbons (Fsp3) is 0.476. The number of aromatic nitrogens is 2. The maximum Gasteiger partial charge on any atom is 0.256 e. The summed E-state index contributed by atoms with van der Waals surface area (Å²) in [4.78, 5) is 29.8. The van der Waals surface area contributed by atoms with Gasteiger partial charge in [-0.15, -0.1) is 0 Å². The maximum absolute atomic E-state index is 13.5. The number of rotatable bonds is 3. The molecule has 4 rings (SSSR count). The highest BCUT2D eigenvalue weighted by Gasteiger charge is 2.45. The predicted octanol–water partition coefficient (Wildman–Crippen LogP) is 2.86. The first-order valence-electron chi connectivity index (χ1n) is 10.0. The lowest BCUT2D eigenvalue weighted by Crippen LogP contribution is -2.46. The van der Waals surface area contributed by atoms with Gasteiger partial charge in [0.2, 0.25) is 5.91 Å². The van der Waals surface area contributed by atoms with Crippen molar-refractivity contribution in [3.05, 3.63) is 46.7 Å². The Hall–Kier alpha value is -2.81. The number of fused-ring (bicyclic) bond motifs is 1. The summed E-state index contributed by atoms with van der Waals surface area (Å²) in [7, 11) is 2.05. The van der Waals surface area contributed by atoms with Crippen molar-refractivity contribution >= 4 is 17.6 Å². The van der Waals surface area contributed by atoms with Crippen molar-refractivity contribution in [2.45, 2.75) is 38.8 Å². The Morgan fingerprint density at radius 3 is 2.57 bits per heavy atom. The third kappa shape index (κ3) is 3.47. The molecule has 9 heteroatoms. The number of anilines is 1. The fourth-order valence-electron chi connectivity index (χ4n) is 4.27. The molecule has 0 unspecified atom stereocenters. The van der Waals surface area contributed by atoms with Gasteiger partial charge in [0.15, 0.2) is 17.5 Å². The van der Waals surface area contributed by atoms with E-state index in [1.165, 1.54) is 6.07 Å². The van der Waals surface area contributed by atoms with Gasteiger partial charge in [-0.25, -0.2) is 8.78 Å². The summed E-state index contributed by atoms with van der Waals surface area (Å²) in [5, 5.41) is 9.79. The number of nitrogens with zero attached hydrogens (tertiary/aromatic N) is 3. The molecule has 2 aliphatic rings. The Bertz CT molecular complexity index is 995. The topological polar surface area (TPSA) is 81.3 Å². The van der Waals surface area contributed by atoms with Crippen LogP contribution in [-0.4, -0.2) is 51.9 Å². The first-order chi connectivity index (χ1) is 14.2. The van der Waals surface area contributed by atoms with Crippen LogP contribution in [-0.2, 0) is 16.9 Å². The summed E-state index contributed by atoms with van der Waals surface area (Å²) in [5.74, 6) is -2.32. The summed E-state index contributed by atoms with van der Waals surface area (Å²) in [6.45, 7) is 6.02. The van der Waals surface area contributed by atoms with Gasteiger partial charge in [-0.05, 0) is 65.0 Å². The average Bonchev–Trinajstić information content (AvgIpc) is 3.22. The van der Waals surface area contributed by atoms with Crippen molar-refractivity contribution < 1.29 is 18.4 Å². The van der Waals surface area contributed by atoms with Gasteiger partial charge in [0.1, 0.15) is 0 Å². The van der Waals surface area contributed by atoms with Crippen LogP contribution in [0.1, 0.15) is 48.3 Å². The molecule has 3 heterocycles. The summed E-state index contributed by atoms with van der Waals surface area (Å²) in [5.41, 5.74) is 0.900. The van der Waals surface area contributed by atoms with Crippen LogP contribution in [0.2, 0.25) is 0 Å². The van der Waals surface area contributed by atoms with Crippen LogP contribution >= 0.6 is 0 Å². The van der Waals surface area contributed by atoms with Gasteiger partial charge in [-0.1, -0.05) is 0 Å². The number of likely N-dealkylation sites (tertiary alicyclic amines) is 1. The van der Waals surface area contributed by atoms with Crippen LogP contribution in [0.4, 0.5) is 14.6 Å². The number of halogens is 2. The van der Waals surface area contributed by atoms with Crippen LogP contribution in [0.25, 0.3) is 0 Å². The Balaban J connectivity index is 1.53. The van der Waals surface area contributed by atoms with Gasteiger partial charge in [0, 0.05) is 17.0 Å². The molecule has 2 aromatic rings. The Kier molecular flexibility index (Phi) is 5.09. The van der Waals surface area contributed by atoms with Crippen molar-refractivity contribution in [1.82, 2.24) is 20.0 Å². The van der Waals surface area contributed by atoms with E-state index in [1.54, 1.807) is 0 Å². The maximum atomic E-state index is 13.5. The lowest BCUT2D eigenvalue weighted by molar-refractivity contribution is -0.142. The van der Waals surface area contributed by atoms with Crippen LogP contribution in [0.15, 0.2) is 18.2 Å². The van der Waals surface area contributed by atoms with E-state index in [9.17, 15) is 18.4 Å². The number of carbonyl (C=O) groups excluding carboxylic acids is 2. The minimum Gasteiger partial charge on any atom is -0.327 e. The second-order valence-electron chi connectivity index (χ2n) is 8.57. The molecular weight excluding hydrogens is 392 g/mol. The lowest BCUT2D eigenvalue weighted by Gasteiger charge is -2.37. The predicted molar refractivity (Wildman–Crippen MR) is 107 cm³/mol. The van der Waals surface area contributed by atoms with E-state index >= 15 is 0 Å². The van der Waals surface area contributed by atoms with E-state index < -0.39 is 23.1 Å². The van der Waals surface area contributed by atoms with Crippen molar-refractivity contribution in [3.8, 4) is 0 Å². The van der Waals surface area contributed by atoms with E-state index in [-0.39, 0.29) is 17.4 Å². The number of H-pyrrole nitrogens is 1. The van der Waals surface area contributed by atoms with E-state index in [4.69, 9.17) is 0 Å². The van der Waals surface area contributed by atoms with Crippen molar-refractivity contribution in [2.75, 3.05) is 25.5 Å². The van der Waals surface area contributed by atoms with Gasteiger partial charge >= 0.3 is 0 Å². The standard InChI is InChI=1S/C21H25F2N5O2/c1-21(2)17-14(11-28(21)20(30)12-6-8-27(3)9-7-12)18(26-25-17)24-19(29)13-4-5-15(22)16(23)10-13/h4-5,10,12H,6-9,11H2,1-3H3,(H2,24,25,26,29). The molecule has 2 aliphatic heterocycles. The third-order valence-electron chi connectivity index (χ3n) is 6.22. The van der Waals surface area contributed by atoms with Gasteiger partial charge in [-0.2, -0.15) is 5.10 Å². The first-order valence-corrected chi connectivity index (χ1v) is 10.0. The highest BCUT2D eigenvalue weighted by atomic mass is 19.2. The largest absolute Gasteiger partial charge is 0.327 e. The molecular formula is C21H25F2N5O2. The molecule has 0 bridgehead atoms. The van der Waals surface area contributed by atoms with E-state index in [2.05, 4.69) is 27.5 Å². The molecule has 160 valence electrons. The molecule has 2 N–H and O–H groups in total. The molecule has 0 radical (unpaired) electrons. The number of nitrogens with one attached hydrogen (secondary N) is 2. The number of benzene rings is 1. The van der Waals surface area contributed by atoms with Crippen LogP contribution in [0.5, 0.6) is 0 Å². The number of aromatic amines is 1. The monoisotopic (exact) mass is 417 g/mol. The van der Waals surface area contributed by atoms with E-state index in [0.717, 1.165) is 49.3 Å². The van der Waals surface area contributed by atoms with Crippen molar-refractivity contribution in [1.29, 1.82) is 0 Å². The zero-order chi connectivity index (χ0) is 21.6. The zero-order valence-electron chi connectivity index (χ0n) is 17.3. The molecule has 0 atom stereocenters. The van der Waals surface area contributed by atoms with Gasteiger partial charge in [0.25, 0.3) is 5.91 Å². The number of carbonyl (C=O) groups is 2. The quantitative estimate of drug-likeness (QED) is 0.805. The summed E-state index contributed by atoms with van der Waals surface area (Å²) < 4.78 is 26.6. The lowest BCUT2D eigenvalue weighted by atomic mass is 9.93. The molecule has 1 aromatic heterocycles. The average molecular weight is 417 g/mol. The molecule has 1 aromatic carbocycles. The highest BCUT2D eigenvalue weighted by Crippen LogP contribution is 2.42. The molecule has 0 saturated carbocycles.